The molecule has 1 atom stereocenters. The second kappa shape index (κ2) is 7.05. The minimum Gasteiger partial charge on any atom is -0.427 e. The molecule has 1 aliphatic rings. The third-order valence-electron chi connectivity index (χ3n) is 3.79. The highest BCUT2D eigenvalue weighted by atomic mass is 32.1. The minimum atomic E-state index is -0.287. The molecule has 2 aromatic rings. The fourth-order valence-electron chi connectivity index (χ4n) is 2.83. The number of piperazine rings is 1. The maximum atomic E-state index is 11.0. The van der Waals surface area contributed by atoms with Crippen LogP contribution in [0.5, 0.6) is 5.75 Å². The molecule has 5 heteroatoms. The highest BCUT2D eigenvalue weighted by Gasteiger charge is 2.24. The Labute approximate surface area is 134 Å². The average Bonchev–Trinajstić information content (AvgIpc) is 3.04. The summed E-state index contributed by atoms with van der Waals surface area (Å²) < 4.78 is 5.13. The SMILES string of the molecule is CC(=O)Oc1ccc([C@H](c2cccs2)N2CCNCC2)cc1. The van der Waals surface area contributed by atoms with E-state index in [0.717, 1.165) is 26.2 Å². The van der Waals surface area contributed by atoms with E-state index in [1.807, 2.05) is 12.1 Å². The maximum absolute atomic E-state index is 11.0. The number of nitrogens with zero attached hydrogens (tertiary/aromatic N) is 1. The molecule has 0 amide bonds. The third kappa shape index (κ3) is 3.55. The molecule has 2 heterocycles. The van der Waals surface area contributed by atoms with Gasteiger partial charge in [-0.05, 0) is 29.1 Å². The molecule has 1 N–H and O–H groups in total. The molecular formula is C17H20N2O2S. The van der Waals surface area contributed by atoms with E-state index in [1.165, 1.54) is 17.4 Å². The van der Waals surface area contributed by atoms with Crippen LogP contribution in [0.15, 0.2) is 41.8 Å². The van der Waals surface area contributed by atoms with Gasteiger partial charge in [0.15, 0.2) is 0 Å². The van der Waals surface area contributed by atoms with Gasteiger partial charge in [0, 0.05) is 38.0 Å². The van der Waals surface area contributed by atoms with Gasteiger partial charge in [0.05, 0.1) is 6.04 Å². The van der Waals surface area contributed by atoms with E-state index < -0.39 is 0 Å². The molecule has 0 saturated carbocycles. The van der Waals surface area contributed by atoms with Gasteiger partial charge in [-0.2, -0.15) is 0 Å². The zero-order valence-electron chi connectivity index (χ0n) is 12.6. The number of rotatable bonds is 4. The highest BCUT2D eigenvalue weighted by molar-refractivity contribution is 7.10. The predicted octanol–water partition coefficient (Wildman–Crippen LogP) is 2.67. The molecule has 0 radical (unpaired) electrons. The zero-order chi connectivity index (χ0) is 15.4. The van der Waals surface area contributed by atoms with Crippen LogP contribution in [-0.2, 0) is 4.79 Å². The van der Waals surface area contributed by atoms with Crippen LogP contribution < -0.4 is 10.1 Å². The van der Waals surface area contributed by atoms with Crippen molar-refractivity contribution in [1.82, 2.24) is 10.2 Å². The quantitative estimate of drug-likeness (QED) is 0.695. The summed E-state index contributed by atoms with van der Waals surface area (Å²) in [5.74, 6) is 0.311. The van der Waals surface area contributed by atoms with Gasteiger partial charge in [-0.25, -0.2) is 0 Å². The molecule has 3 rings (SSSR count). The van der Waals surface area contributed by atoms with Gasteiger partial charge >= 0.3 is 5.97 Å². The summed E-state index contributed by atoms with van der Waals surface area (Å²) in [5.41, 5.74) is 1.24. The molecule has 116 valence electrons. The molecule has 1 saturated heterocycles. The van der Waals surface area contributed by atoms with Crippen LogP contribution in [0.25, 0.3) is 0 Å². The lowest BCUT2D eigenvalue weighted by molar-refractivity contribution is -0.131. The lowest BCUT2D eigenvalue weighted by Crippen LogP contribution is -2.45. The van der Waals surface area contributed by atoms with Gasteiger partial charge in [0.1, 0.15) is 5.75 Å². The molecule has 0 bridgehead atoms. The third-order valence-corrected chi connectivity index (χ3v) is 4.71. The van der Waals surface area contributed by atoms with Crippen molar-refractivity contribution in [3.8, 4) is 5.75 Å². The molecule has 1 fully saturated rings. The molecule has 4 nitrogen and oxygen atoms in total. The Morgan fingerprint density at radius 3 is 2.55 bits per heavy atom. The fourth-order valence-corrected chi connectivity index (χ4v) is 3.71. The average molecular weight is 316 g/mol. The standard InChI is InChI=1S/C17H20N2O2S/c1-13(20)21-15-6-4-14(5-7-15)17(16-3-2-12-22-16)19-10-8-18-9-11-19/h2-7,12,17-18H,8-11H2,1H3/t17-/m1/s1. The molecule has 0 unspecified atom stereocenters. The number of carbonyl (C=O) groups excluding carboxylic acids is 1. The number of carbonyl (C=O) groups is 1. The summed E-state index contributed by atoms with van der Waals surface area (Å²) in [7, 11) is 0. The largest absolute Gasteiger partial charge is 0.427 e. The molecular weight excluding hydrogens is 296 g/mol. The van der Waals surface area contributed by atoms with Crippen molar-refractivity contribution in [2.24, 2.45) is 0 Å². The first-order valence-electron chi connectivity index (χ1n) is 7.50. The van der Waals surface area contributed by atoms with Gasteiger partial charge in [0.2, 0.25) is 0 Å². The van der Waals surface area contributed by atoms with Crippen LogP contribution >= 0.6 is 11.3 Å². The number of ether oxygens (including phenoxy) is 1. The fraction of sp³-hybridized carbons (Fsp3) is 0.353. The van der Waals surface area contributed by atoms with E-state index in [2.05, 4.69) is 39.9 Å². The first-order chi connectivity index (χ1) is 10.7. The van der Waals surface area contributed by atoms with Crippen molar-refractivity contribution in [2.75, 3.05) is 26.2 Å². The zero-order valence-corrected chi connectivity index (χ0v) is 13.4. The topological polar surface area (TPSA) is 41.6 Å². The summed E-state index contributed by atoms with van der Waals surface area (Å²) in [4.78, 5) is 14.9. The van der Waals surface area contributed by atoms with Crippen molar-refractivity contribution in [3.63, 3.8) is 0 Å². The van der Waals surface area contributed by atoms with Gasteiger partial charge in [-0.1, -0.05) is 18.2 Å². The molecule has 0 aliphatic carbocycles. The smallest absolute Gasteiger partial charge is 0.308 e. The van der Waals surface area contributed by atoms with E-state index in [9.17, 15) is 4.79 Å². The van der Waals surface area contributed by atoms with Crippen molar-refractivity contribution in [3.05, 3.63) is 52.2 Å². The van der Waals surface area contributed by atoms with E-state index >= 15 is 0 Å². The Kier molecular flexibility index (Phi) is 4.87. The summed E-state index contributed by atoms with van der Waals surface area (Å²) in [6.07, 6.45) is 0. The number of hydrogen-bond donors (Lipinski definition) is 1. The molecule has 1 aromatic heterocycles. The Morgan fingerprint density at radius 1 is 1.23 bits per heavy atom. The Bertz CT molecular complexity index is 604. The predicted molar refractivity (Wildman–Crippen MR) is 88.4 cm³/mol. The van der Waals surface area contributed by atoms with Crippen LogP contribution in [0.4, 0.5) is 0 Å². The Hall–Kier alpha value is -1.69. The first kappa shape index (κ1) is 15.2. The Morgan fingerprint density at radius 2 is 1.95 bits per heavy atom. The summed E-state index contributed by atoms with van der Waals surface area (Å²) in [6.45, 7) is 5.53. The molecule has 22 heavy (non-hydrogen) atoms. The lowest BCUT2D eigenvalue weighted by Gasteiger charge is -2.34. The van der Waals surface area contributed by atoms with Crippen LogP contribution in [-0.4, -0.2) is 37.0 Å². The second-order valence-electron chi connectivity index (χ2n) is 5.37. The summed E-state index contributed by atoms with van der Waals surface area (Å²) >= 11 is 1.79. The van der Waals surface area contributed by atoms with E-state index in [0.29, 0.717) is 5.75 Å². The molecule has 1 aliphatic heterocycles. The number of benzene rings is 1. The van der Waals surface area contributed by atoms with Crippen LogP contribution in [0.1, 0.15) is 23.4 Å². The van der Waals surface area contributed by atoms with Crippen molar-refractivity contribution in [1.29, 1.82) is 0 Å². The van der Waals surface area contributed by atoms with Crippen molar-refractivity contribution < 1.29 is 9.53 Å². The van der Waals surface area contributed by atoms with Gasteiger partial charge in [-0.15, -0.1) is 11.3 Å². The normalized spacial score (nSPS) is 17.1. The molecule has 1 aromatic carbocycles. The van der Waals surface area contributed by atoms with Crippen LogP contribution in [0.2, 0.25) is 0 Å². The van der Waals surface area contributed by atoms with Crippen LogP contribution in [0.3, 0.4) is 0 Å². The van der Waals surface area contributed by atoms with Crippen LogP contribution in [0, 0.1) is 0 Å². The first-order valence-corrected chi connectivity index (χ1v) is 8.38. The second-order valence-corrected chi connectivity index (χ2v) is 6.35. The number of nitrogens with one attached hydrogen (secondary N) is 1. The van der Waals surface area contributed by atoms with Gasteiger partial charge < -0.3 is 10.1 Å². The van der Waals surface area contributed by atoms with E-state index in [1.54, 1.807) is 11.3 Å². The Balaban J connectivity index is 1.86. The van der Waals surface area contributed by atoms with Crippen molar-refractivity contribution >= 4 is 17.3 Å². The minimum absolute atomic E-state index is 0.272. The summed E-state index contributed by atoms with van der Waals surface area (Å²) in [5, 5.41) is 5.52. The monoisotopic (exact) mass is 316 g/mol. The number of hydrogen-bond acceptors (Lipinski definition) is 5. The number of thiophene rings is 1. The summed E-state index contributed by atoms with van der Waals surface area (Å²) in [6, 6.07) is 12.4. The van der Waals surface area contributed by atoms with Crippen molar-refractivity contribution in [2.45, 2.75) is 13.0 Å². The number of esters is 1. The molecule has 0 spiro atoms. The highest BCUT2D eigenvalue weighted by Crippen LogP contribution is 2.32. The maximum Gasteiger partial charge on any atom is 0.308 e. The van der Waals surface area contributed by atoms with Gasteiger partial charge in [0.25, 0.3) is 0 Å². The van der Waals surface area contributed by atoms with E-state index in [4.69, 9.17) is 4.74 Å². The van der Waals surface area contributed by atoms with Gasteiger partial charge in [-0.3, -0.25) is 9.69 Å². The van der Waals surface area contributed by atoms with E-state index in [-0.39, 0.29) is 12.0 Å². The lowest BCUT2D eigenvalue weighted by atomic mass is 10.0.